The summed E-state index contributed by atoms with van der Waals surface area (Å²) < 4.78 is 11.7. The van der Waals surface area contributed by atoms with Crippen LogP contribution in [0.15, 0.2) is 12.1 Å². The Labute approximate surface area is 166 Å². The van der Waals surface area contributed by atoms with Crippen LogP contribution >= 0.6 is 0 Å². The highest BCUT2D eigenvalue weighted by Crippen LogP contribution is 2.66. The van der Waals surface area contributed by atoms with Gasteiger partial charge >= 0.3 is 11.9 Å². The van der Waals surface area contributed by atoms with Crippen molar-refractivity contribution in [1.82, 2.24) is 0 Å². The summed E-state index contributed by atoms with van der Waals surface area (Å²) in [5.74, 6) is -0.237. The van der Waals surface area contributed by atoms with Gasteiger partial charge in [-0.05, 0) is 50.2 Å². The summed E-state index contributed by atoms with van der Waals surface area (Å²) in [6.45, 7) is 11.6. The van der Waals surface area contributed by atoms with E-state index in [0.29, 0.717) is 25.0 Å². The molecular formula is C23H27NO4. The van der Waals surface area contributed by atoms with Gasteiger partial charge in [-0.25, -0.2) is 4.79 Å². The van der Waals surface area contributed by atoms with Crippen molar-refractivity contribution < 1.29 is 19.1 Å². The first kappa shape index (κ1) is 19.0. The number of hydrogen-bond acceptors (Lipinski definition) is 5. The topological polar surface area (TPSA) is 76.4 Å². The van der Waals surface area contributed by atoms with Crippen LogP contribution in [-0.4, -0.2) is 17.5 Å². The number of esters is 2. The minimum absolute atomic E-state index is 0.127. The van der Waals surface area contributed by atoms with Crippen molar-refractivity contribution >= 4 is 11.9 Å². The number of nitrogens with zero attached hydrogens (tertiary/aromatic N) is 1. The van der Waals surface area contributed by atoms with E-state index in [1.807, 2.05) is 53.7 Å². The molecule has 0 spiro atoms. The molecule has 1 saturated carbocycles. The van der Waals surface area contributed by atoms with E-state index >= 15 is 0 Å². The van der Waals surface area contributed by atoms with Crippen LogP contribution in [0.3, 0.4) is 0 Å². The Morgan fingerprint density at radius 1 is 1.21 bits per heavy atom. The molecule has 2 bridgehead atoms. The maximum atomic E-state index is 13.5. The van der Waals surface area contributed by atoms with Crippen LogP contribution in [0.25, 0.3) is 0 Å². The van der Waals surface area contributed by atoms with Crippen molar-refractivity contribution in [3.8, 4) is 11.8 Å². The first-order valence-corrected chi connectivity index (χ1v) is 9.97. The van der Waals surface area contributed by atoms with E-state index in [2.05, 4.69) is 6.07 Å². The van der Waals surface area contributed by atoms with Gasteiger partial charge in [0, 0.05) is 11.0 Å². The molecule has 1 aromatic rings. The number of hydrogen-bond donors (Lipinski definition) is 0. The smallest absolute Gasteiger partial charge is 0.356 e. The predicted octanol–water partition coefficient (Wildman–Crippen LogP) is 4.17. The number of rotatable bonds is 3. The molecule has 0 amide bonds. The third-order valence-electron chi connectivity index (χ3n) is 7.85. The average Bonchev–Trinajstić information content (AvgIpc) is 2.90. The Morgan fingerprint density at radius 3 is 2.39 bits per heavy atom. The van der Waals surface area contributed by atoms with Crippen LogP contribution in [0.2, 0.25) is 0 Å². The lowest BCUT2D eigenvalue weighted by Gasteiger charge is -2.39. The summed E-state index contributed by atoms with van der Waals surface area (Å²) in [6.07, 6.45) is 1.71. The molecule has 28 heavy (non-hydrogen) atoms. The Balaban J connectivity index is 1.79. The molecule has 4 rings (SSSR count). The van der Waals surface area contributed by atoms with Crippen LogP contribution < -0.4 is 4.74 Å². The average molecular weight is 381 g/mol. The van der Waals surface area contributed by atoms with Gasteiger partial charge in [-0.3, -0.25) is 4.79 Å². The monoisotopic (exact) mass is 381 g/mol. The lowest BCUT2D eigenvalue weighted by atomic mass is 9.64. The zero-order chi connectivity index (χ0) is 20.7. The molecule has 2 fully saturated rings. The molecule has 2 aliphatic carbocycles. The lowest BCUT2D eigenvalue weighted by Crippen LogP contribution is -2.50. The van der Waals surface area contributed by atoms with E-state index in [4.69, 9.17) is 9.47 Å². The van der Waals surface area contributed by atoms with Gasteiger partial charge < -0.3 is 9.47 Å². The molecule has 1 heterocycles. The second-order valence-electron chi connectivity index (χ2n) is 9.86. The van der Waals surface area contributed by atoms with Gasteiger partial charge in [0.2, 0.25) is 5.60 Å². The molecule has 0 aromatic heterocycles. The summed E-state index contributed by atoms with van der Waals surface area (Å²) in [6, 6.07) is 6.36. The number of benzene rings is 1. The van der Waals surface area contributed by atoms with E-state index < -0.39 is 27.8 Å². The SMILES string of the molecule is CC(C)c1ccc2c(c1OC(=O)[C@@]13CC[C@@](C)(C(=O)O1)C3(C)C)[C@](C)(C#N)C2. The van der Waals surface area contributed by atoms with Crippen molar-refractivity contribution in [3.63, 3.8) is 0 Å². The molecule has 1 aromatic carbocycles. The standard InChI is InChI=1S/C23H27NO4/c1-13(2)15-8-7-14-11-21(5,12-24)16(14)17(15)27-19(26)23-10-9-22(6,18(25)28-23)20(23,3)4/h7-8,13H,9-11H2,1-6H3/t21-,22-,23+/m0/s1. The van der Waals surface area contributed by atoms with Gasteiger partial charge in [0.15, 0.2) is 0 Å². The zero-order valence-electron chi connectivity index (χ0n) is 17.4. The van der Waals surface area contributed by atoms with Crippen molar-refractivity contribution in [2.45, 2.75) is 77.7 Å². The number of ether oxygens (including phenoxy) is 2. The highest BCUT2D eigenvalue weighted by atomic mass is 16.6. The van der Waals surface area contributed by atoms with E-state index in [1.165, 1.54) is 0 Å². The molecule has 0 radical (unpaired) electrons. The molecule has 1 saturated heterocycles. The fraction of sp³-hybridized carbons (Fsp3) is 0.609. The van der Waals surface area contributed by atoms with E-state index in [0.717, 1.165) is 16.7 Å². The summed E-state index contributed by atoms with van der Waals surface area (Å²) in [5.41, 5.74) is -0.556. The largest absolute Gasteiger partial charge is 0.446 e. The lowest BCUT2D eigenvalue weighted by molar-refractivity contribution is -0.176. The Kier molecular flexibility index (Phi) is 3.64. The molecule has 0 N–H and O–H groups in total. The maximum Gasteiger partial charge on any atom is 0.356 e. The molecule has 148 valence electrons. The Morgan fingerprint density at radius 2 is 1.89 bits per heavy atom. The predicted molar refractivity (Wildman–Crippen MR) is 103 cm³/mol. The maximum absolute atomic E-state index is 13.5. The quantitative estimate of drug-likeness (QED) is 0.580. The fourth-order valence-electron chi connectivity index (χ4n) is 5.29. The number of nitriles is 1. The molecule has 3 atom stereocenters. The van der Waals surface area contributed by atoms with E-state index in [1.54, 1.807) is 0 Å². The number of carbonyl (C=O) groups is 2. The number of carbonyl (C=O) groups excluding carboxylic acids is 2. The molecule has 5 nitrogen and oxygen atoms in total. The summed E-state index contributed by atoms with van der Waals surface area (Å²) in [5, 5.41) is 9.69. The Hall–Kier alpha value is -2.35. The van der Waals surface area contributed by atoms with E-state index in [-0.39, 0.29) is 11.9 Å². The van der Waals surface area contributed by atoms with Crippen LogP contribution in [0.4, 0.5) is 0 Å². The highest BCUT2D eigenvalue weighted by Gasteiger charge is 2.76. The summed E-state index contributed by atoms with van der Waals surface area (Å²) in [4.78, 5) is 26.0. The summed E-state index contributed by atoms with van der Waals surface area (Å²) >= 11 is 0. The molecule has 1 aliphatic heterocycles. The summed E-state index contributed by atoms with van der Waals surface area (Å²) in [7, 11) is 0. The highest BCUT2D eigenvalue weighted by molar-refractivity contribution is 5.94. The minimum atomic E-state index is -1.28. The molecular weight excluding hydrogens is 354 g/mol. The van der Waals surface area contributed by atoms with Crippen molar-refractivity contribution in [1.29, 1.82) is 5.26 Å². The third kappa shape index (κ3) is 1.96. The van der Waals surface area contributed by atoms with Gasteiger partial charge in [0.1, 0.15) is 5.75 Å². The number of fused-ring (bicyclic) bond motifs is 3. The third-order valence-corrected chi connectivity index (χ3v) is 7.85. The van der Waals surface area contributed by atoms with Crippen molar-refractivity contribution in [2.75, 3.05) is 0 Å². The first-order valence-electron chi connectivity index (χ1n) is 9.97. The second kappa shape index (κ2) is 5.37. The Bertz CT molecular complexity index is 956. The second-order valence-corrected chi connectivity index (χ2v) is 9.86. The van der Waals surface area contributed by atoms with Gasteiger partial charge in [-0.15, -0.1) is 0 Å². The minimum Gasteiger partial charge on any atom is -0.446 e. The zero-order valence-corrected chi connectivity index (χ0v) is 17.4. The molecule has 3 aliphatic rings. The van der Waals surface area contributed by atoms with Crippen LogP contribution in [0.1, 0.15) is 77.0 Å². The van der Waals surface area contributed by atoms with Crippen LogP contribution in [-0.2, 0) is 26.2 Å². The van der Waals surface area contributed by atoms with Gasteiger partial charge in [0.05, 0.1) is 16.9 Å². The molecule has 5 heteroatoms. The van der Waals surface area contributed by atoms with Crippen molar-refractivity contribution in [2.24, 2.45) is 10.8 Å². The van der Waals surface area contributed by atoms with E-state index in [9.17, 15) is 14.9 Å². The van der Waals surface area contributed by atoms with Crippen molar-refractivity contribution in [3.05, 3.63) is 28.8 Å². The van der Waals surface area contributed by atoms with Crippen LogP contribution in [0.5, 0.6) is 5.75 Å². The van der Waals surface area contributed by atoms with Gasteiger partial charge in [-0.2, -0.15) is 5.26 Å². The van der Waals surface area contributed by atoms with Crippen LogP contribution in [0, 0.1) is 22.2 Å². The fourth-order valence-corrected chi connectivity index (χ4v) is 5.29. The first-order chi connectivity index (χ1) is 12.9. The van der Waals surface area contributed by atoms with Gasteiger partial charge in [0.25, 0.3) is 0 Å². The molecule has 0 unspecified atom stereocenters. The van der Waals surface area contributed by atoms with Gasteiger partial charge in [-0.1, -0.05) is 39.8 Å². The normalized spacial score (nSPS) is 34.4.